The maximum absolute atomic E-state index is 12.8. The van der Waals surface area contributed by atoms with Gasteiger partial charge in [-0.3, -0.25) is 13.6 Å². The monoisotopic (exact) mass is 420 g/mol. The van der Waals surface area contributed by atoms with E-state index in [0.29, 0.717) is 13.2 Å². The van der Waals surface area contributed by atoms with Crippen LogP contribution in [0.2, 0.25) is 0 Å². The molecule has 0 saturated heterocycles. The Morgan fingerprint density at radius 2 is 1.14 bits per heavy atom. The quantitative estimate of drug-likeness (QED) is 0.0902. The second-order valence-electron chi connectivity index (χ2n) is 6.85. The molecule has 0 fully saturated rings. The van der Waals surface area contributed by atoms with Gasteiger partial charge in [-0.15, -0.1) is 0 Å². The lowest BCUT2D eigenvalue weighted by molar-refractivity contribution is -0.138. The van der Waals surface area contributed by atoms with Crippen LogP contribution >= 0.6 is 7.82 Å². The predicted octanol–water partition coefficient (Wildman–Crippen LogP) is 6.59. The van der Waals surface area contributed by atoms with E-state index in [0.717, 1.165) is 44.6 Å². The molecule has 0 atom stereocenters. The fourth-order valence-corrected chi connectivity index (χ4v) is 3.81. The third kappa shape index (κ3) is 17.4. The van der Waals surface area contributed by atoms with E-state index >= 15 is 0 Å². The Kier molecular flexibility index (Phi) is 19.2. The summed E-state index contributed by atoms with van der Waals surface area (Å²) in [4.78, 5) is 11.0. The van der Waals surface area contributed by atoms with E-state index in [1.54, 1.807) is 0 Å². The summed E-state index contributed by atoms with van der Waals surface area (Å²) in [5.74, 6) is -0.542. The van der Waals surface area contributed by atoms with Crippen LogP contribution in [-0.2, 0) is 27.7 Å². The molecule has 0 unspecified atom stereocenters. The second-order valence-corrected chi connectivity index (χ2v) is 8.52. The summed E-state index contributed by atoms with van der Waals surface area (Å²) in [5, 5.41) is 0. The first-order chi connectivity index (χ1) is 13.6. The van der Waals surface area contributed by atoms with Gasteiger partial charge in [-0.25, -0.2) is 9.36 Å². The number of rotatable bonds is 21. The highest BCUT2D eigenvalue weighted by Gasteiger charge is 2.26. The van der Waals surface area contributed by atoms with Crippen molar-refractivity contribution in [2.45, 2.75) is 90.9 Å². The number of unbranched alkanes of at least 4 members (excludes halogenated alkanes) is 10. The van der Waals surface area contributed by atoms with Gasteiger partial charge in [0.1, 0.15) is 6.61 Å². The third-order valence-corrected chi connectivity index (χ3v) is 5.73. The molecule has 0 aromatic rings. The topological polar surface area (TPSA) is 71.1 Å². The van der Waals surface area contributed by atoms with Crippen molar-refractivity contribution in [3.63, 3.8) is 0 Å². The predicted molar refractivity (Wildman–Crippen MR) is 113 cm³/mol. The molecule has 0 aliphatic carbocycles. The van der Waals surface area contributed by atoms with Crippen LogP contribution in [0.5, 0.6) is 0 Å². The van der Waals surface area contributed by atoms with Crippen LogP contribution in [0.3, 0.4) is 0 Å². The fraction of sp³-hybridized carbons (Fsp3) is 0.857. The highest BCUT2D eigenvalue weighted by atomic mass is 31.2. The lowest BCUT2D eigenvalue weighted by atomic mass is 10.1. The summed E-state index contributed by atoms with van der Waals surface area (Å²) >= 11 is 0. The first-order valence-electron chi connectivity index (χ1n) is 10.9. The number of esters is 1. The molecule has 0 aromatic carbocycles. The van der Waals surface area contributed by atoms with Crippen LogP contribution in [0.15, 0.2) is 12.7 Å². The van der Waals surface area contributed by atoms with E-state index in [4.69, 9.17) is 18.3 Å². The van der Waals surface area contributed by atoms with Crippen molar-refractivity contribution in [1.29, 1.82) is 0 Å². The molecule has 0 spiro atoms. The lowest BCUT2D eigenvalue weighted by Crippen LogP contribution is -2.10. The van der Waals surface area contributed by atoms with Gasteiger partial charge in [0, 0.05) is 6.08 Å². The highest BCUT2D eigenvalue weighted by molar-refractivity contribution is 7.48. The number of hydrogen-bond donors (Lipinski definition) is 0. The number of phosphoric ester groups is 1. The molecule has 0 radical (unpaired) electrons. The Morgan fingerprint density at radius 3 is 1.61 bits per heavy atom. The van der Waals surface area contributed by atoms with E-state index in [-0.39, 0.29) is 13.2 Å². The zero-order valence-corrected chi connectivity index (χ0v) is 18.9. The van der Waals surface area contributed by atoms with E-state index < -0.39 is 13.8 Å². The van der Waals surface area contributed by atoms with E-state index in [1.807, 2.05) is 0 Å². The van der Waals surface area contributed by atoms with Crippen LogP contribution < -0.4 is 0 Å². The molecule has 6 nitrogen and oxygen atoms in total. The maximum Gasteiger partial charge on any atom is 0.474 e. The third-order valence-electron chi connectivity index (χ3n) is 4.24. The van der Waals surface area contributed by atoms with Gasteiger partial charge in [0.2, 0.25) is 0 Å². The Balaban J connectivity index is 4.14. The smallest absolute Gasteiger partial charge is 0.460 e. The number of hydrogen-bond acceptors (Lipinski definition) is 6. The molecule has 0 N–H and O–H groups in total. The molecule has 0 aromatic heterocycles. The van der Waals surface area contributed by atoms with Crippen LogP contribution in [0, 0.1) is 0 Å². The summed E-state index contributed by atoms with van der Waals surface area (Å²) < 4.78 is 33.8. The Labute approximate surface area is 172 Å². The number of carbonyl (C=O) groups excluding carboxylic acids is 1. The van der Waals surface area contributed by atoms with Gasteiger partial charge in [0.15, 0.2) is 0 Å². The minimum absolute atomic E-state index is 0.0183. The number of phosphoric acid groups is 1. The van der Waals surface area contributed by atoms with Crippen LogP contribution in [0.1, 0.15) is 90.9 Å². The molecule has 166 valence electrons. The molecule has 0 saturated carbocycles. The van der Waals surface area contributed by atoms with E-state index in [2.05, 4.69) is 20.4 Å². The highest BCUT2D eigenvalue weighted by Crippen LogP contribution is 2.49. The zero-order valence-electron chi connectivity index (χ0n) is 18.0. The van der Waals surface area contributed by atoms with Crippen molar-refractivity contribution >= 4 is 13.8 Å². The summed E-state index contributed by atoms with van der Waals surface area (Å²) in [5.41, 5.74) is 0. The Morgan fingerprint density at radius 1 is 0.714 bits per heavy atom. The van der Waals surface area contributed by atoms with Crippen LogP contribution in [0.4, 0.5) is 0 Å². The Hall–Kier alpha value is -0.680. The lowest BCUT2D eigenvalue weighted by Gasteiger charge is -2.18. The largest absolute Gasteiger partial charge is 0.474 e. The first kappa shape index (κ1) is 27.3. The molecule has 7 heteroatoms. The molecule has 0 heterocycles. The van der Waals surface area contributed by atoms with Crippen LogP contribution in [0.25, 0.3) is 0 Å². The summed E-state index contributed by atoms with van der Waals surface area (Å²) in [6.07, 6.45) is 14.4. The average molecular weight is 421 g/mol. The molecule has 0 aliphatic rings. The van der Waals surface area contributed by atoms with Crippen LogP contribution in [-0.4, -0.2) is 32.4 Å². The molecular weight excluding hydrogens is 379 g/mol. The van der Waals surface area contributed by atoms with Gasteiger partial charge in [-0.2, -0.15) is 0 Å². The second kappa shape index (κ2) is 19.6. The van der Waals surface area contributed by atoms with Crippen molar-refractivity contribution < 1.29 is 27.7 Å². The van der Waals surface area contributed by atoms with Crippen molar-refractivity contribution in [3.8, 4) is 0 Å². The van der Waals surface area contributed by atoms with Gasteiger partial charge in [-0.1, -0.05) is 84.6 Å². The molecule has 0 rings (SSSR count). The normalized spacial score (nSPS) is 11.5. The summed E-state index contributed by atoms with van der Waals surface area (Å²) in [6.45, 7) is 8.31. The zero-order chi connectivity index (χ0) is 20.9. The maximum atomic E-state index is 12.8. The molecular formula is C21H41O6P. The molecule has 0 amide bonds. The number of carbonyl (C=O) groups is 1. The van der Waals surface area contributed by atoms with E-state index in [9.17, 15) is 9.36 Å². The summed E-state index contributed by atoms with van der Waals surface area (Å²) in [7, 11) is -3.63. The van der Waals surface area contributed by atoms with Gasteiger partial charge >= 0.3 is 13.8 Å². The van der Waals surface area contributed by atoms with Crippen molar-refractivity contribution in [1.82, 2.24) is 0 Å². The SMILES string of the molecule is C=CC(=O)OCCOP(=O)(OCCCCCCCC)OCCCCCCCC. The average Bonchev–Trinajstić information content (AvgIpc) is 2.70. The van der Waals surface area contributed by atoms with Gasteiger partial charge in [0.05, 0.1) is 19.8 Å². The molecule has 28 heavy (non-hydrogen) atoms. The van der Waals surface area contributed by atoms with Gasteiger partial charge < -0.3 is 4.74 Å². The Bertz CT molecular complexity index is 405. The standard InChI is InChI=1S/C21H41O6P/c1-4-7-9-11-13-15-17-25-28(23,27-20-19-24-21(22)6-3)26-18-16-14-12-10-8-5-2/h6H,3-5,7-20H2,1-2H3. The minimum Gasteiger partial charge on any atom is -0.460 e. The molecule has 0 bridgehead atoms. The van der Waals surface area contributed by atoms with Crippen molar-refractivity contribution in [2.75, 3.05) is 26.4 Å². The number of ether oxygens (including phenoxy) is 1. The summed E-state index contributed by atoms with van der Waals surface area (Å²) in [6, 6.07) is 0. The van der Waals surface area contributed by atoms with Crippen molar-refractivity contribution in [3.05, 3.63) is 12.7 Å². The fourth-order valence-electron chi connectivity index (χ4n) is 2.58. The minimum atomic E-state index is -3.63. The van der Waals surface area contributed by atoms with Gasteiger partial charge in [0.25, 0.3) is 0 Å². The van der Waals surface area contributed by atoms with E-state index in [1.165, 1.54) is 38.5 Å². The van der Waals surface area contributed by atoms with Crippen molar-refractivity contribution in [2.24, 2.45) is 0 Å². The first-order valence-corrected chi connectivity index (χ1v) is 12.4. The van der Waals surface area contributed by atoms with Gasteiger partial charge in [-0.05, 0) is 12.8 Å². The molecule has 0 aliphatic heterocycles.